The molecular weight excluding hydrogens is 272 g/mol. The van der Waals surface area contributed by atoms with Crippen LogP contribution in [0, 0.1) is 11.6 Å². The smallest absolute Gasteiger partial charge is 0.410 e. The van der Waals surface area contributed by atoms with Crippen molar-refractivity contribution in [2.24, 2.45) is 0 Å². The van der Waals surface area contributed by atoms with Gasteiger partial charge in [-0.05, 0) is 17.7 Å². The second-order valence-electron chi connectivity index (χ2n) is 3.69. The summed E-state index contributed by atoms with van der Waals surface area (Å²) in [5.41, 5.74) is 0.659. The first-order chi connectivity index (χ1) is 9.54. The lowest BCUT2D eigenvalue weighted by atomic mass is 10.2. The Morgan fingerprint density at radius 2 is 2.00 bits per heavy atom. The van der Waals surface area contributed by atoms with Crippen molar-refractivity contribution in [3.63, 3.8) is 0 Å². The number of nitrogens with one attached hydrogen (secondary N) is 1. The molecule has 0 unspecified atom stereocenters. The number of carboxylic acid groups (broad SMARTS) is 1. The number of anilines is 1. The topological polar surface area (TPSA) is 84.3 Å². The van der Waals surface area contributed by atoms with Gasteiger partial charge in [-0.15, -0.1) is 0 Å². The van der Waals surface area contributed by atoms with Gasteiger partial charge in [-0.2, -0.15) is 4.98 Å². The van der Waals surface area contributed by atoms with Gasteiger partial charge in [0.05, 0.1) is 6.20 Å². The van der Waals surface area contributed by atoms with Gasteiger partial charge in [-0.1, -0.05) is 12.1 Å². The van der Waals surface area contributed by atoms with Gasteiger partial charge < -0.3 is 9.84 Å². The molecule has 1 heterocycles. The number of rotatable bonds is 4. The molecule has 2 aromatic rings. The molecule has 0 aliphatic heterocycles. The Hall–Kier alpha value is -2.77. The average molecular weight is 281 g/mol. The predicted molar refractivity (Wildman–Crippen MR) is 64.4 cm³/mol. The van der Waals surface area contributed by atoms with Gasteiger partial charge in [0, 0.05) is 0 Å². The number of hydrogen-bond donors (Lipinski definition) is 2. The molecule has 104 valence electrons. The average Bonchev–Trinajstić information content (AvgIpc) is 2.41. The van der Waals surface area contributed by atoms with Crippen molar-refractivity contribution in [3.8, 4) is 6.01 Å². The third kappa shape index (κ3) is 3.61. The molecule has 8 heteroatoms. The number of aromatic nitrogens is 2. The summed E-state index contributed by atoms with van der Waals surface area (Å²) in [6, 6.07) is 5.35. The fourth-order valence-corrected chi connectivity index (χ4v) is 1.34. The van der Waals surface area contributed by atoms with Crippen molar-refractivity contribution < 1.29 is 23.4 Å². The predicted octanol–water partition coefficient (Wildman–Crippen LogP) is 2.42. The zero-order valence-electron chi connectivity index (χ0n) is 10.0. The second kappa shape index (κ2) is 5.91. The fourth-order valence-electron chi connectivity index (χ4n) is 1.34. The highest BCUT2D eigenvalue weighted by molar-refractivity contribution is 5.81. The second-order valence-corrected chi connectivity index (χ2v) is 3.69. The Kier molecular flexibility index (Phi) is 4.04. The zero-order chi connectivity index (χ0) is 14.5. The summed E-state index contributed by atoms with van der Waals surface area (Å²) in [6.45, 7) is 0.0401. The monoisotopic (exact) mass is 281 g/mol. The van der Waals surface area contributed by atoms with Gasteiger partial charge in [0.1, 0.15) is 12.4 Å². The van der Waals surface area contributed by atoms with Crippen molar-refractivity contribution in [2.75, 3.05) is 5.32 Å². The zero-order valence-corrected chi connectivity index (χ0v) is 10.0. The molecule has 0 radical (unpaired) electrons. The molecule has 2 N–H and O–H groups in total. The van der Waals surface area contributed by atoms with Crippen molar-refractivity contribution in [1.29, 1.82) is 0 Å². The normalized spacial score (nSPS) is 10.1. The Morgan fingerprint density at radius 1 is 1.30 bits per heavy atom. The first-order valence-electron chi connectivity index (χ1n) is 5.44. The molecular formula is C12H9F2N3O3. The number of carbonyl (C=O) groups is 1. The lowest BCUT2D eigenvalue weighted by Crippen LogP contribution is -2.12. The van der Waals surface area contributed by atoms with Crippen LogP contribution in [0.25, 0.3) is 0 Å². The van der Waals surface area contributed by atoms with Gasteiger partial charge in [0.25, 0.3) is 0 Å². The highest BCUT2D eigenvalue weighted by Crippen LogP contribution is 2.14. The van der Waals surface area contributed by atoms with Crippen molar-refractivity contribution in [3.05, 3.63) is 47.7 Å². The van der Waals surface area contributed by atoms with Crippen LogP contribution in [0.2, 0.25) is 0 Å². The standard InChI is InChI=1S/C12H9F2N3O3/c13-8-3-1-7(2-4-8)6-20-11-15-5-9(14)10(16-11)17-12(18)19/h1-5H,6H2,(H,18,19)(H,15,16,17). The SMILES string of the molecule is O=C(O)Nc1nc(OCc2ccc(F)cc2)ncc1F. The molecule has 2 rings (SSSR count). The number of amides is 1. The van der Waals surface area contributed by atoms with E-state index in [0.29, 0.717) is 5.56 Å². The summed E-state index contributed by atoms with van der Waals surface area (Å²) in [7, 11) is 0. The number of ether oxygens (including phenoxy) is 1. The minimum atomic E-state index is -1.45. The van der Waals surface area contributed by atoms with Crippen molar-refractivity contribution in [1.82, 2.24) is 9.97 Å². The number of benzene rings is 1. The maximum absolute atomic E-state index is 13.2. The lowest BCUT2D eigenvalue weighted by molar-refractivity contribution is 0.209. The molecule has 1 aromatic carbocycles. The summed E-state index contributed by atoms with van der Waals surface area (Å²) in [4.78, 5) is 17.6. The van der Waals surface area contributed by atoms with E-state index in [1.807, 2.05) is 0 Å². The van der Waals surface area contributed by atoms with E-state index >= 15 is 0 Å². The maximum Gasteiger partial charge on any atom is 0.410 e. The van der Waals surface area contributed by atoms with Crippen LogP contribution in [0.3, 0.4) is 0 Å². The molecule has 0 aliphatic carbocycles. The summed E-state index contributed by atoms with van der Waals surface area (Å²) in [5, 5.41) is 10.3. The minimum Gasteiger partial charge on any atom is -0.465 e. The minimum absolute atomic E-state index is 0.0401. The van der Waals surface area contributed by atoms with E-state index in [2.05, 4.69) is 9.97 Å². The lowest BCUT2D eigenvalue weighted by Gasteiger charge is -2.06. The van der Waals surface area contributed by atoms with E-state index in [-0.39, 0.29) is 18.4 Å². The van der Waals surface area contributed by atoms with E-state index in [9.17, 15) is 13.6 Å². The van der Waals surface area contributed by atoms with Gasteiger partial charge in [-0.3, -0.25) is 5.32 Å². The third-order valence-electron chi connectivity index (χ3n) is 2.23. The van der Waals surface area contributed by atoms with Gasteiger partial charge in [-0.25, -0.2) is 18.6 Å². The molecule has 0 aliphatic rings. The first kappa shape index (κ1) is 13.7. The van der Waals surface area contributed by atoms with E-state index < -0.39 is 17.7 Å². The molecule has 1 aromatic heterocycles. The highest BCUT2D eigenvalue weighted by Gasteiger charge is 2.10. The third-order valence-corrected chi connectivity index (χ3v) is 2.23. The Morgan fingerprint density at radius 3 is 2.65 bits per heavy atom. The van der Waals surface area contributed by atoms with Crippen LogP contribution >= 0.6 is 0 Å². The maximum atomic E-state index is 13.2. The fraction of sp³-hybridized carbons (Fsp3) is 0.0833. The van der Waals surface area contributed by atoms with Crippen molar-refractivity contribution in [2.45, 2.75) is 6.61 Å². The summed E-state index contributed by atoms with van der Waals surface area (Å²) in [5.74, 6) is -1.79. The summed E-state index contributed by atoms with van der Waals surface area (Å²) in [6.07, 6.45) is -0.662. The van der Waals surface area contributed by atoms with Gasteiger partial charge in [0.2, 0.25) is 0 Å². The molecule has 1 amide bonds. The molecule has 0 spiro atoms. The quantitative estimate of drug-likeness (QED) is 0.899. The Bertz CT molecular complexity index is 620. The van der Waals surface area contributed by atoms with Gasteiger partial charge in [0.15, 0.2) is 11.6 Å². The Balaban J connectivity index is 2.06. The van der Waals surface area contributed by atoms with Crippen LogP contribution in [0.1, 0.15) is 5.56 Å². The van der Waals surface area contributed by atoms with Crippen LogP contribution in [0.15, 0.2) is 30.5 Å². The largest absolute Gasteiger partial charge is 0.465 e. The first-order valence-corrected chi connectivity index (χ1v) is 5.44. The number of halogens is 2. The van der Waals surface area contributed by atoms with Gasteiger partial charge >= 0.3 is 12.1 Å². The van der Waals surface area contributed by atoms with Crippen LogP contribution in [0.5, 0.6) is 6.01 Å². The van der Waals surface area contributed by atoms with Crippen LogP contribution in [0.4, 0.5) is 19.4 Å². The number of hydrogen-bond acceptors (Lipinski definition) is 4. The van der Waals surface area contributed by atoms with Crippen LogP contribution in [-0.2, 0) is 6.61 Å². The number of nitrogens with zero attached hydrogens (tertiary/aromatic N) is 2. The van der Waals surface area contributed by atoms with Crippen molar-refractivity contribution >= 4 is 11.9 Å². The Labute approximate surface area is 112 Å². The molecule has 6 nitrogen and oxygen atoms in total. The molecule has 0 fully saturated rings. The summed E-state index contributed by atoms with van der Waals surface area (Å²) >= 11 is 0. The van der Waals surface area contributed by atoms with E-state index in [0.717, 1.165) is 6.20 Å². The molecule has 0 atom stereocenters. The molecule has 0 bridgehead atoms. The molecule has 0 saturated heterocycles. The highest BCUT2D eigenvalue weighted by atomic mass is 19.1. The van der Waals surface area contributed by atoms with E-state index in [4.69, 9.17) is 9.84 Å². The van der Waals surface area contributed by atoms with Crippen LogP contribution in [-0.4, -0.2) is 21.2 Å². The molecule has 20 heavy (non-hydrogen) atoms. The van der Waals surface area contributed by atoms with Crippen LogP contribution < -0.4 is 10.1 Å². The van der Waals surface area contributed by atoms with E-state index in [1.165, 1.54) is 24.3 Å². The summed E-state index contributed by atoms with van der Waals surface area (Å²) < 4.78 is 31.1. The van der Waals surface area contributed by atoms with E-state index in [1.54, 1.807) is 5.32 Å². The molecule has 0 saturated carbocycles.